The first-order valence-electron chi connectivity index (χ1n) is 3.97. The second kappa shape index (κ2) is 4.16. The minimum atomic E-state index is 0.387. The summed E-state index contributed by atoms with van der Waals surface area (Å²) < 4.78 is 2.33. The van der Waals surface area contributed by atoms with Gasteiger partial charge in [-0.1, -0.05) is 0 Å². The summed E-state index contributed by atoms with van der Waals surface area (Å²) in [6.45, 7) is 0. The van der Waals surface area contributed by atoms with Gasteiger partial charge in [0.1, 0.15) is 6.29 Å². The molecule has 0 aliphatic heterocycles. The maximum absolute atomic E-state index is 10.8. The average molecular weight is 337 g/mol. The van der Waals surface area contributed by atoms with Crippen molar-refractivity contribution >= 4 is 61.9 Å². The van der Waals surface area contributed by atoms with Gasteiger partial charge in [-0.05, 0) is 51.1 Å². The maximum Gasteiger partial charge on any atom is 0.150 e. The van der Waals surface area contributed by atoms with Gasteiger partial charge in [0.25, 0.3) is 0 Å². The highest BCUT2D eigenvalue weighted by atomic mass is 127. The van der Waals surface area contributed by atoms with Gasteiger partial charge in [-0.25, -0.2) is 0 Å². The predicted octanol–water partition coefficient (Wildman–Crippen LogP) is 4.06. The van der Waals surface area contributed by atoms with E-state index in [1.54, 1.807) is 11.3 Å². The van der Waals surface area contributed by atoms with E-state index in [0.29, 0.717) is 11.4 Å². The van der Waals surface area contributed by atoms with Crippen LogP contribution in [0.15, 0.2) is 17.5 Å². The van der Waals surface area contributed by atoms with E-state index in [0.717, 1.165) is 20.8 Å². The number of carbonyl (C=O) groups is 1. The van der Waals surface area contributed by atoms with Gasteiger partial charge in [-0.15, -0.1) is 22.9 Å². The minimum absolute atomic E-state index is 0.387. The number of thiophene rings is 1. The molecule has 0 N–H and O–H groups in total. The van der Waals surface area contributed by atoms with Crippen LogP contribution in [0, 0.1) is 3.57 Å². The summed E-state index contributed by atoms with van der Waals surface area (Å²) in [6.07, 6.45) is 0.872. The molecule has 0 unspecified atom stereocenters. The summed E-state index contributed by atoms with van der Waals surface area (Å²) in [5.41, 5.74) is 1.65. The van der Waals surface area contributed by atoms with Gasteiger partial charge in [0.2, 0.25) is 0 Å². The topological polar surface area (TPSA) is 17.1 Å². The van der Waals surface area contributed by atoms with E-state index in [9.17, 15) is 4.79 Å². The molecule has 0 saturated heterocycles. The zero-order valence-electron chi connectivity index (χ0n) is 7.09. The molecular formula is C10H6ClIOS. The molecular weight excluding hydrogens is 331 g/mol. The van der Waals surface area contributed by atoms with E-state index in [1.807, 2.05) is 17.5 Å². The Bertz CT molecular complexity index is 492. The molecule has 1 nitrogen and oxygen atoms in total. The van der Waals surface area contributed by atoms with Crippen LogP contribution < -0.4 is 0 Å². The molecule has 4 heteroatoms. The number of alkyl halides is 1. The third-order valence-corrected chi connectivity index (χ3v) is 4.53. The first-order valence-corrected chi connectivity index (χ1v) is 6.47. The van der Waals surface area contributed by atoms with Crippen LogP contribution in [0.5, 0.6) is 0 Å². The quantitative estimate of drug-likeness (QED) is 0.459. The van der Waals surface area contributed by atoms with E-state index in [1.165, 1.54) is 4.70 Å². The zero-order chi connectivity index (χ0) is 10.1. The second-order valence-corrected chi connectivity index (χ2v) is 5.19. The first-order chi connectivity index (χ1) is 6.77. The molecule has 0 aliphatic carbocycles. The fourth-order valence-corrected chi connectivity index (χ4v) is 3.57. The standard InChI is InChI=1S/C10H6ClIOS/c11-4-8-6(5-13)3-9(12)10-7(8)1-2-14-10/h1-3,5H,4H2. The molecule has 72 valence electrons. The lowest BCUT2D eigenvalue weighted by atomic mass is 10.1. The van der Waals surface area contributed by atoms with Gasteiger partial charge in [-0.3, -0.25) is 4.79 Å². The highest BCUT2D eigenvalue weighted by Gasteiger charge is 2.10. The minimum Gasteiger partial charge on any atom is -0.298 e. The number of hydrogen-bond donors (Lipinski definition) is 0. The molecule has 0 fully saturated rings. The van der Waals surface area contributed by atoms with Gasteiger partial charge in [0.05, 0.1) is 0 Å². The third-order valence-electron chi connectivity index (χ3n) is 2.10. The largest absolute Gasteiger partial charge is 0.298 e. The number of halogens is 2. The Kier molecular flexibility index (Phi) is 3.09. The molecule has 0 bridgehead atoms. The highest BCUT2D eigenvalue weighted by Crippen LogP contribution is 2.31. The van der Waals surface area contributed by atoms with Crippen molar-refractivity contribution in [3.63, 3.8) is 0 Å². The van der Waals surface area contributed by atoms with Crippen LogP contribution in [0.4, 0.5) is 0 Å². The molecule has 1 aromatic carbocycles. The number of benzene rings is 1. The number of rotatable bonds is 2. The summed E-state index contributed by atoms with van der Waals surface area (Å²) >= 11 is 9.77. The lowest BCUT2D eigenvalue weighted by molar-refractivity contribution is 0.112. The van der Waals surface area contributed by atoms with Gasteiger partial charge in [0, 0.05) is 19.7 Å². The normalized spacial score (nSPS) is 10.7. The zero-order valence-corrected chi connectivity index (χ0v) is 10.8. The van der Waals surface area contributed by atoms with E-state index in [-0.39, 0.29) is 0 Å². The van der Waals surface area contributed by atoms with E-state index < -0.39 is 0 Å². The van der Waals surface area contributed by atoms with Crippen LogP contribution >= 0.6 is 45.5 Å². The van der Waals surface area contributed by atoms with Crippen molar-refractivity contribution in [3.05, 3.63) is 32.2 Å². The van der Waals surface area contributed by atoms with Gasteiger partial charge in [-0.2, -0.15) is 0 Å². The van der Waals surface area contributed by atoms with Gasteiger partial charge in [0.15, 0.2) is 0 Å². The van der Waals surface area contributed by atoms with Crippen LogP contribution in [0.2, 0.25) is 0 Å². The summed E-state index contributed by atoms with van der Waals surface area (Å²) in [4.78, 5) is 10.8. The van der Waals surface area contributed by atoms with E-state index in [2.05, 4.69) is 22.6 Å². The number of carbonyl (C=O) groups excluding carboxylic acids is 1. The Hall–Kier alpha value is -0.130. The Balaban J connectivity index is 2.88. The molecule has 1 heterocycles. The number of fused-ring (bicyclic) bond motifs is 1. The fraction of sp³-hybridized carbons (Fsp3) is 0.100. The predicted molar refractivity (Wildman–Crippen MR) is 69.5 cm³/mol. The molecule has 0 aliphatic rings. The smallest absolute Gasteiger partial charge is 0.150 e. The maximum atomic E-state index is 10.8. The lowest BCUT2D eigenvalue weighted by Crippen LogP contribution is -1.91. The molecule has 0 spiro atoms. The molecule has 14 heavy (non-hydrogen) atoms. The van der Waals surface area contributed by atoms with Crippen molar-refractivity contribution in [1.29, 1.82) is 0 Å². The van der Waals surface area contributed by atoms with Crippen molar-refractivity contribution in [1.82, 2.24) is 0 Å². The van der Waals surface area contributed by atoms with Crippen LogP contribution in [0.3, 0.4) is 0 Å². The fourth-order valence-electron chi connectivity index (χ4n) is 1.43. The average Bonchev–Trinajstić information content (AvgIpc) is 2.66. The summed E-state index contributed by atoms with van der Waals surface area (Å²) in [7, 11) is 0. The molecule has 1 aromatic heterocycles. The Morgan fingerprint density at radius 2 is 2.36 bits per heavy atom. The SMILES string of the molecule is O=Cc1cc(I)c2sccc2c1CCl. The molecule has 0 amide bonds. The monoisotopic (exact) mass is 336 g/mol. The second-order valence-electron chi connectivity index (χ2n) is 2.84. The molecule has 2 aromatic rings. The summed E-state index contributed by atoms with van der Waals surface area (Å²) in [6, 6.07) is 3.91. The first kappa shape index (κ1) is 10.4. The van der Waals surface area contributed by atoms with Crippen LogP contribution in [0.25, 0.3) is 10.1 Å². The van der Waals surface area contributed by atoms with E-state index in [4.69, 9.17) is 11.6 Å². The van der Waals surface area contributed by atoms with Gasteiger partial charge < -0.3 is 0 Å². The molecule has 0 radical (unpaired) electrons. The van der Waals surface area contributed by atoms with Crippen molar-refractivity contribution in [2.45, 2.75) is 5.88 Å². The number of hydrogen-bond acceptors (Lipinski definition) is 2. The Labute approximate surface area is 104 Å². The van der Waals surface area contributed by atoms with Crippen LogP contribution in [0.1, 0.15) is 15.9 Å². The third kappa shape index (κ3) is 1.57. The number of aldehydes is 1. The molecule has 0 saturated carbocycles. The van der Waals surface area contributed by atoms with Gasteiger partial charge >= 0.3 is 0 Å². The highest BCUT2D eigenvalue weighted by molar-refractivity contribution is 14.1. The molecule has 2 rings (SSSR count). The van der Waals surface area contributed by atoms with Crippen molar-refractivity contribution in [2.75, 3.05) is 0 Å². The van der Waals surface area contributed by atoms with Crippen molar-refractivity contribution in [3.8, 4) is 0 Å². The van der Waals surface area contributed by atoms with Crippen molar-refractivity contribution < 1.29 is 4.79 Å². The van der Waals surface area contributed by atoms with Crippen LogP contribution in [-0.4, -0.2) is 6.29 Å². The van der Waals surface area contributed by atoms with Crippen molar-refractivity contribution in [2.24, 2.45) is 0 Å². The Morgan fingerprint density at radius 1 is 1.57 bits per heavy atom. The van der Waals surface area contributed by atoms with Crippen LogP contribution in [-0.2, 0) is 5.88 Å². The summed E-state index contributed by atoms with van der Waals surface area (Å²) in [5.74, 6) is 0.387. The molecule has 0 atom stereocenters. The van der Waals surface area contributed by atoms with E-state index >= 15 is 0 Å². The summed E-state index contributed by atoms with van der Waals surface area (Å²) in [5, 5.41) is 3.14. The Morgan fingerprint density at radius 3 is 3.00 bits per heavy atom. The lowest BCUT2D eigenvalue weighted by Gasteiger charge is -2.04.